The standard InChI is InChI=1S/C11H13GeN2O/c12-10-1-3-11(4-2-10)14-7-5-13(9-15)6-8-14/h1-4,9H,5-8H2. The van der Waals surface area contributed by atoms with Crippen LogP contribution in [-0.2, 0) is 4.79 Å². The summed E-state index contributed by atoms with van der Waals surface area (Å²) in [5.74, 6) is 0. The summed E-state index contributed by atoms with van der Waals surface area (Å²) in [6.07, 6.45) is 0.937. The van der Waals surface area contributed by atoms with Crippen molar-refractivity contribution in [3.8, 4) is 0 Å². The molecule has 0 atom stereocenters. The van der Waals surface area contributed by atoms with E-state index in [0.29, 0.717) is 0 Å². The van der Waals surface area contributed by atoms with Crippen molar-refractivity contribution in [2.45, 2.75) is 0 Å². The molecule has 3 nitrogen and oxygen atoms in total. The first-order chi connectivity index (χ1) is 7.29. The van der Waals surface area contributed by atoms with E-state index in [1.54, 1.807) is 0 Å². The van der Waals surface area contributed by atoms with Gasteiger partial charge in [-0.15, -0.1) is 0 Å². The summed E-state index contributed by atoms with van der Waals surface area (Å²) in [4.78, 5) is 14.7. The molecule has 1 aromatic carbocycles. The Kier molecular flexibility index (Phi) is 3.31. The molecule has 1 aliphatic heterocycles. The van der Waals surface area contributed by atoms with Gasteiger partial charge in [0.05, 0.1) is 0 Å². The fraction of sp³-hybridized carbons (Fsp3) is 0.364. The number of piperazine rings is 1. The first-order valence-corrected chi connectivity index (χ1v) is 6.10. The van der Waals surface area contributed by atoms with E-state index in [4.69, 9.17) is 0 Å². The Morgan fingerprint density at radius 3 is 2.20 bits per heavy atom. The van der Waals surface area contributed by atoms with Gasteiger partial charge in [-0.05, 0) is 0 Å². The Morgan fingerprint density at radius 1 is 1.07 bits per heavy atom. The molecule has 0 aliphatic carbocycles. The molecule has 0 unspecified atom stereocenters. The zero-order valence-corrected chi connectivity index (χ0v) is 10.6. The van der Waals surface area contributed by atoms with E-state index >= 15 is 0 Å². The predicted molar refractivity (Wildman–Crippen MR) is 61.7 cm³/mol. The number of amides is 1. The van der Waals surface area contributed by atoms with E-state index in [2.05, 4.69) is 45.7 Å². The van der Waals surface area contributed by atoms with Gasteiger partial charge in [0.15, 0.2) is 0 Å². The predicted octanol–water partition coefficient (Wildman–Crippen LogP) is -0.241. The second kappa shape index (κ2) is 4.70. The van der Waals surface area contributed by atoms with Crippen LogP contribution in [0.3, 0.4) is 0 Å². The zero-order valence-electron chi connectivity index (χ0n) is 8.52. The van der Waals surface area contributed by atoms with E-state index in [1.807, 2.05) is 4.90 Å². The van der Waals surface area contributed by atoms with Crippen molar-refractivity contribution in [3.05, 3.63) is 24.3 Å². The quantitative estimate of drug-likeness (QED) is 0.542. The van der Waals surface area contributed by atoms with Gasteiger partial charge in [-0.2, -0.15) is 0 Å². The molecule has 0 aromatic heterocycles. The molecular weight excluding hydrogens is 249 g/mol. The number of carbonyl (C=O) groups excluding carboxylic acids is 1. The average molecular weight is 262 g/mol. The zero-order chi connectivity index (χ0) is 10.7. The molecule has 3 radical (unpaired) electrons. The normalized spacial score (nSPS) is 16.6. The topological polar surface area (TPSA) is 23.6 Å². The van der Waals surface area contributed by atoms with Gasteiger partial charge in [0, 0.05) is 0 Å². The van der Waals surface area contributed by atoms with Crippen LogP contribution in [0.25, 0.3) is 0 Å². The maximum absolute atomic E-state index is 10.6. The molecule has 0 N–H and O–H groups in total. The summed E-state index contributed by atoms with van der Waals surface area (Å²) in [6, 6.07) is 8.54. The Morgan fingerprint density at radius 2 is 1.67 bits per heavy atom. The van der Waals surface area contributed by atoms with Gasteiger partial charge in [0.2, 0.25) is 0 Å². The fourth-order valence-electron chi connectivity index (χ4n) is 1.76. The average Bonchev–Trinajstić information content (AvgIpc) is 2.30. The molecule has 2 rings (SSSR count). The third-order valence-corrected chi connectivity index (χ3v) is 3.40. The number of hydrogen-bond donors (Lipinski definition) is 0. The summed E-state index contributed by atoms with van der Waals surface area (Å²) in [6.45, 7) is 3.53. The van der Waals surface area contributed by atoms with Crippen molar-refractivity contribution in [1.29, 1.82) is 0 Å². The van der Waals surface area contributed by atoms with Crippen molar-refractivity contribution >= 4 is 33.0 Å². The van der Waals surface area contributed by atoms with Gasteiger partial charge in [-0.25, -0.2) is 0 Å². The Balaban J connectivity index is 2.01. The van der Waals surface area contributed by atoms with Crippen LogP contribution in [0.5, 0.6) is 0 Å². The SMILES string of the molecule is O=CN1CCN(c2cc[c]([Ge])cc2)CC1. The number of carbonyl (C=O) groups is 1. The molecule has 1 aromatic rings. The van der Waals surface area contributed by atoms with Crippen molar-refractivity contribution in [2.24, 2.45) is 0 Å². The van der Waals surface area contributed by atoms with Gasteiger partial charge in [0.1, 0.15) is 0 Å². The third-order valence-electron chi connectivity index (χ3n) is 2.70. The minimum atomic E-state index is 0.831. The molecule has 77 valence electrons. The molecule has 0 bridgehead atoms. The summed E-state index contributed by atoms with van der Waals surface area (Å²) < 4.78 is 1.28. The van der Waals surface area contributed by atoms with Gasteiger partial charge < -0.3 is 0 Å². The Hall–Kier alpha value is -0.967. The number of rotatable bonds is 2. The van der Waals surface area contributed by atoms with Gasteiger partial charge >= 0.3 is 98.0 Å². The second-order valence-electron chi connectivity index (χ2n) is 3.68. The van der Waals surface area contributed by atoms with Crippen LogP contribution < -0.4 is 9.30 Å². The van der Waals surface area contributed by atoms with Crippen LogP contribution in [0.2, 0.25) is 0 Å². The van der Waals surface area contributed by atoms with Crippen molar-refractivity contribution in [1.82, 2.24) is 4.90 Å². The van der Waals surface area contributed by atoms with Crippen LogP contribution in [0.15, 0.2) is 24.3 Å². The molecule has 1 amide bonds. The number of nitrogens with zero attached hydrogens (tertiary/aromatic N) is 2. The third kappa shape index (κ3) is 2.53. The van der Waals surface area contributed by atoms with Crippen molar-refractivity contribution < 1.29 is 4.79 Å². The molecule has 1 heterocycles. The summed E-state index contributed by atoms with van der Waals surface area (Å²) in [7, 11) is 0. The van der Waals surface area contributed by atoms with E-state index < -0.39 is 0 Å². The van der Waals surface area contributed by atoms with Crippen molar-refractivity contribution in [3.63, 3.8) is 0 Å². The second-order valence-corrected chi connectivity index (χ2v) is 4.89. The Bertz CT molecular complexity index is 331. The van der Waals surface area contributed by atoms with Crippen LogP contribution in [-0.4, -0.2) is 54.0 Å². The number of hydrogen-bond acceptors (Lipinski definition) is 2. The Labute approximate surface area is 98.3 Å². The van der Waals surface area contributed by atoms with Crippen LogP contribution in [0.4, 0.5) is 5.69 Å². The van der Waals surface area contributed by atoms with Crippen LogP contribution in [0, 0.1) is 0 Å². The number of anilines is 1. The molecule has 1 saturated heterocycles. The van der Waals surface area contributed by atoms with Crippen LogP contribution in [0.1, 0.15) is 0 Å². The molecule has 4 heteroatoms. The summed E-state index contributed by atoms with van der Waals surface area (Å²) in [5.41, 5.74) is 1.26. The molecule has 0 spiro atoms. The van der Waals surface area contributed by atoms with E-state index in [9.17, 15) is 4.79 Å². The monoisotopic (exact) mass is 263 g/mol. The first kappa shape index (κ1) is 10.5. The summed E-state index contributed by atoms with van der Waals surface area (Å²) >= 11 is 2.09. The maximum atomic E-state index is 10.6. The van der Waals surface area contributed by atoms with Crippen LogP contribution >= 0.6 is 0 Å². The molecule has 1 aliphatic rings. The van der Waals surface area contributed by atoms with Crippen molar-refractivity contribution in [2.75, 3.05) is 31.1 Å². The van der Waals surface area contributed by atoms with Gasteiger partial charge in [-0.1, -0.05) is 0 Å². The molecular formula is C11H13GeN2O. The minimum absolute atomic E-state index is 0.831. The van der Waals surface area contributed by atoms with E-state index in [1.165, 1.54) is 10.1 Å². The fourth-order valence-corrected chi connectivity index (χ4v) is 2.11. The molecule has 1 fully saturated rings. The van der Waals surface area contributed by atoms with E-state index in [-0.39, 0.29) is 0 Å². The number of benzene rings is 1. The molecule has 15 heavy (non-hydrogen) atoms. The first-order valence-electron chi connectivity index (χ1n) is 5.05. The molecule has 0 saturated carbocycles. The van der Waals surface area contributed by atoms with Gasteiger partial charge in [-0.3, -0.25) is 0 Å². The van der Waals surface area contributed by atoms with Gasteiger partial charge in [0.25, 0.3) is 0 Å². The van der Waals surface area contributed by atoms with E-state index in [0.717, 1.165) is 32.6 Å². The summed E-state index contributed by atoms with van der Waals surface area (Å²) in [5, 5.41) is 0.